The molecule has 0 aromatic carbocycles. The van der Waals surface area contributed by atoms with Crippen LogP contribution in [0.1, 0.15) is 58.8 Å². The van der Waals surface area contributed by atoms with Crippen LogP contribution in [-0.2, 0) is 14.3 Å². The van der Waals surface area contributed by atoms with Gasteiger partial charge in [0.2, 0.25) is 0 Å². The molecule has 0 aromatic rings. The molecule has 3 heteroatoms. The van der Waals surface area contributed by atoms with Crippen LogP contribution < -0.4 is 0 Å². The zero-order chi connectivity index (χ0) is 11.8. The predicted molar refractivity (Wildman–Crippen MR) is 63.3 cm³/mol. The number of unbranched alkanes of at least 4 members (excludes halogenated alkanes) is 3. The third kappa shape index (κ3) is 5.50. The van der Waals surface area contributed by atoms with E-state index in [1.165, 1.54) is 12.8 Å². The summed E-state index contributed by atoms with van der Waals surface area (Å²) in [4.78, 5) is 11.4. The molecule has 1 rings (SSSR count). The van der Waals surface area contributed by atoms with Crippen LogP contribution in [0.25, 0.3) is 0 Å². The van der Waals surface area contributed by atoms with E-state index >= 15 is 0 Å². The highest BCUT2D eigenvalue weighted by Crippen LogP contribution is 2.29. The number of carbonyl (C=O) groups excluding carboxylic acids is 1. The Kier molecular flexibility index (Phi) is 6.46. The minimum Gasteiger partial charge on any atom is -0.466 e. The SMILES string of the molecule is CCCCCCOC(=O)CC1OC1CCC. The summed E-state index contributed by atoms with van der Waals surface area (Å²) in [5.74, 6) is -0.0971. The molecule has 0 amide bonds. The zero-order valence-electron chi connectivity index (χ0n) is 10.5. The van der Waals surface area contributed by atoms with Crippen LogP contribution in [0, 0.1) is 0 Å². The molecule has 2 unspecified atom stereocenters. The standard InChI is InChI=1S/C13H24O3/c1-3-5-6-7-9-15-13(14)10-12-11(16-12)8-4-2/h11-12H,3-10H2,1-2H3. The zero-order valence-corrected chi connectivity index (χ0v) is 10.5. The van der Waals surface area contributed by atoms with E-state index in [4.69, 9.17) is 9.47 Å². The molecule has 2 atom stereocenters. The molecule has 0 aromatic heterocycles. The summed E-state index contributed by atoms with van der Waals surface area (Å²) in [7, 11) is 0. The Bertz CT molecular complexity index is 203. The summed E-state index contributed by atoms with van der Waals surface area (Å²) >= 11 is 0. The Balaban J connectivity index is 1.92. The van der Waals surface area contributed by atoms with E-state index in [1.807, 2.05) is 0 Å². The van der Waals surface area contributed by atoms with Gasteiger partial charge < -0.3 is 9.47 Å². The molecular weight excluding hydrogens is 204 g/mol. The summed E-state index contributed by atoms with van der Waals surface area (Å²) in [5, 5.41) is 0. The number of esters is 1. The molecule has 1 aliphatic rings. The number of carbonyl (C=O) groups is 1. The van der Waals surface area contributed by atoms with Gasteiger partial charge in [-0.2, -0.15) is 0 Å². The first-order chi connectivity index (χ1) is 7.77. The Labute approximate surface area is 98.5 Å². The highest BCUT2D eigenvalue weighted by Gasteiger charge is 2.39. The first-order valence-electron chi connectivity index (χ1n) is 6.59. The van der Waals surface area contributed by atoms with E-state index in [-0.39, 0.29) is 12.1 Å². The molecule has 3 nitrogen and oxygen atoms in total. The minimum absolute atomic E-state index is 0.0971. The lowest BCUT2D eigenvalue weighted by Crippen LogP contribution is -2.10. The van der Waals surface area contributed by atoms with Gasteiger partial charge >= 0.3 is 5.97 Å². The molecule has 94 valence electrons. The summed E-state index contributed by atoms with van der Waals surface area (Å²) in [6.45, 7) is 4.87. The summed E-state index contributed by atoms with van der Waals surface area (Å²) in [5.41, 5.74) is 0. The smallest absolute Gasteiger partial charge is 0.308 e. The van der Waals surface area contributed by atoms with E-state index in [9.17, 15) is 4.79 Å². The second-order valence-electron chi connectivity index (χ2n) is 4.49. The van der Waals surface area contributed by atoms with Crippen LogP contribution in [0.3, 0.4) is 0 Å². The Hall–Kier alpha value is -0.570. The van der Waals surface area contributed by atoms with Gasteiger partial charge in [0.05, 0.1) is 25.2 Å². The van der Waals surface area contributed by atoms with Crippen LogP contribution in [0.2, 0.25) is 0 Å². The van der Waals surface area contributed by atoms with Gasteiger partial charge in [-0.05, 0) is 12.8 Å². The Morgan fingerprint density at radius 2 is 1.94 bits per heavy atom. The number of hydrogen-bond acceptors (Lipinski definition) is 3. The van der Waals surface area contributed by atoms with Crippen molar-refractivity contribution in [1.29, 1.82) is 0 Å². The molecule has 16 heavy (non-hydrogen) atoms. The fourth-order valence-corrected chi connectivity index (χ4v) is 1.84. The van der Waals surface area contributed by atoms with Crippen LogP contribution in [-0.4, -0.2) is 24.8 Å². The fourth-order valence-electron chi connectivity index (χ4n) is 1.84. The summed E-state index contributed by atoms with van der Waals surface area (Å²) < 4.78 is 10.5. The van der Waals surface area contributed by atoms with E-state index in [0.717, 1.165) is 25.7 Å². The first kappa shape index (κ1) is 13.5. The summed E-state index contributed by atoms with van der Waals surface area (Å²) in [6.07, 6.45) is 7.66. The number of epoxide rings is 1. The van der Waals surface area contributed by atoms with Crippen molar-refractivity contribution in [3.63, 3.8) is 0 Å². The Morgan fingerprint density at radius 1 is 1.12 bits per heavy atom. The van der Waals surface area contributed by atoms with Gasteiger partial charge in [0, 0.05) is 0 Å². The second kappa shape index (κ2) is 7.66. The van der Waals surface area contributed by atoms with E-state index in [1.54, 1.807) is 0 Å². The molecule has 0 spiro atoms. The van der Waals surface area contributed by atoms with Crippen molar-refractivity contribution in [2.75, 3.05) is 6.61 Å². The molecular formula is C13H24O3. The largest absolute Gasteiger partial charge is 0.466 e. The van der Waals surface area contributed by atoms with Crippen molar-refractivity contribution >= 4 is 5.97 Å². The average Bonchev–Trinajstić information content (AvgIpc) is 2.97. The number of rotatable bonds is 9. The van der Waals surface area contributed by atoms with Gasteiger partial charge in [-0.25, -0.2) is 0 Å². The minimum atomic E-state index is -0.0971. The lowest BCUT2D eigenvalue weighted by atomic mass is 10.1. The van der Waals surface area contributed by atoms with E-state index < -0.39 is 0 Å². The molecule has 1 heterocycles. The van der Waals surface area contributed by atoms with E-state index in [0.29, 0.717) is 19.1 Å². The number of hydrogen-bond donors (Lipinski definition) is 0. The average molecular weight is 228 g/mol. The van der Waals surface area contributed by atoms with Crippen molar-refractivity contribution in [2.45, 2.75) is 71.0 Å². The van der Waals surface area contributed by atoms with Crippen molar-refractivity contribution < 1.29 is 14.3 Å². The second-order valence-corrected chi connectivity index (χ2v) is 4.49. The molecule has 1 fully saturated rings. The molecule has 0 aliphatic carbocycles. The van der Waals surface area contributed by atoms with Crippen molar-refractivity contribution in [2.24, 2.45) is 0 Å². The van der Waals surface area contributed by atoms with Gasteiger partial charge in [-0.15, -0.1) is 0 Å². The quantitative estimate of drug-likeness (QED) is 0.346. The van der Waals surface area contributed by atoms with Crippen LogP contribution in [0.15, 0.2) is 0 Å². The maximum Gasteiger partial charge on any atom is 0.308 e. The van der Waals surface area contributed by atoms with Crippen molar-refractivity contribution in [3.05, 3.63) is 0 Å². The highest BCUT2D eigenvalue weighted by molar-refractivity contribution is 5.70. The van der Waals surface area contributed by atoms with Crippen molar-refractivity contribution in [3.8, 4) is 0 Å². The van der Waals surface area contributed by atoms with Crippen LogP contribution in [0.4, 0.5) is 0 Å². The predicted octanol–water partition coefficient (Wildman–Crippen LogP) is 3.07. The molecule has 0 radical (unpaired) electrons. The molecule has 0 bridgehead atoms. The first-order valence-corrected chi connectivity index (χ1v) is 6.59. The fraction of sp³-hybridized carbons (Fsp3) is 0.923. The lowest BCUT2D eigenvalue weighted by molar-refractivity contribution is -0.144. The summed E-state index contributed by atoms with van der Waals surface area (Å²) in [6, 6.07) is 0. The topological polar surface area (TPSA) is 38.8 Å². The van der Waals surface area contributed by atoms with Crippen molar-refractivity contribution in [1.82, 2.24) is 0 Å². The normalized spacial score (nSPS) is 23.1. The van der Waals surface area contributed by atoms with Gasteiger partial charge in [0.15, 0.2) is 0 Å². The molecule has 1 aliphatic heterocycles. The van der Waals surface area contributed by atoms with Crippen LogP contribution >= 0.6 is 0 Å². The Morgan fingerprint density at radius 3 is 2.62 bits per heavy atom. The third-order valence-electron chi connectivity index (χ3n) is 2.89. The van der Waals surface area contributed by atoms with Gasteiger partial charge in [0.25, 0.3) is 0 Å². The van der Waals surface area contributed by atoms with Gasteiger partial charge in [-0.1, -0.05) is 39.5 Å². The monoisotopic (exact) mass is 228 g/mol. The lowest BCUT2D eigenvalue weighted by Gasteiger charge is -2.02. The molecule has 0 saturated carbocycles. The third-order valence-corrected chi connectivity index (χ3v) is 2.89. The number of ether oxygens (including phenoxy) is 2. The van der Waals surface area contributed by atoms with Gasteiger partial charge in [-0.3, -0.25) is 4.79 Å². The van der Waals surface area contributed by atoms with Gasteiger partial charge in [0.1, 0.15) is 0 Å². The van der Waals surface area contributed by atoms with Crippen LogP contribution in [0.5, 0.6) is 0 Å². The molecule has 1 saturated heterocycles. The highest BCUT2D eigenvalue weighted by atomic mass is 16.6. The van der Waals surface area contributed by atoms with E-state index in [2.05, 4.69) is 13.8 Å². The molecule has 0 N–H and O–H groups in total. The maximum absolute atomic E-state index is 11.4. The maximum atomic E-state index is 11.4.